The summed E-state index contributed by atoms with van der Waals surface area (Å²) in [5.41, 5.74) is 3.52. The van der Waals surface area contributed by atoms with Crippen LogP contribution in [0.1, 0.15) is 76.0 Å². The summed E-state index contributed by atoms with van der Waals surface area (Å²) in [6, 6.07) is 27.9. The average molecular weight is 1000 g/mol. The number of alkyl halides is 2. The number of hydrogen-bond acceptors (Lipinski definition) is 11. The number of piperidine rings is 3. The van der Waals surface area contributed by atoms with E-state index in [9.17, 15) is 28.4 Å². The van der Waals surface area contributed by atoms with Crippen LogP contribution < -0.4 is 24.3 Å². The van der Waals surface area contributed by atoms with E-state index in [1.165, 1.54) is 34.9 Å². The van der Waals surface area contributed by atoms with Crippen LogP contribution >= 0.6 is 35.0 Å². The number of carbonyl (C=O) groups excluding carboxylic acids is 3. The number of esters is 1. The number of halogens is 4. The quantitative estimate of drug-likeness (QED) is 0.0510. The van der Waals surface area contributed by atoms with Gasteiger partial charge in [0.2, 0.25) is 0 Å². The van der Waals surface area contributed by atoms with Crippen molar-refractivity contribution in [2.24, 2.45) is 11.8 Å². The average Bonchev–Trinajstić information content (AvgIpc) is 4.05. The maximum atomic E-state index is 14.1. The number of aromatic nitrogens is 1. The predicted molar refractivity (Wildman–Crippen MR) is 255 cm³/mol. The Hall–Kier alpha value is -5.81. The van der Waals surface area contributed by atoms with E-state index in [1.54, 1.807) is 24.3 Å². The van der Waals surface area contributed by atoms with Crippen LogP contribution in [0, 0.1) is 17.0 Å². The number of pyridine rings is 1. The third kappa shape index (κ3) is 12.1. The van der Waals surface area contributed by atoms with Crippen molar-refractivity contribution in [2.75, 3.05) is 38.5 Å². The first-order valence-electron chi connectivity index (χ1n) is 22.9. The van der Waals surface area contributed by atoms with E-state index in [0.717, 1.165) is 74.4 Å². The van der Waals surface area contributed by atoms with Crippen LogP contribution in [0.25, 0.3) is 0 Å². The molecule has 0 spiro atoms. The van der Waals surface area contributed by atoms with E-state index in [1.807, 2.05) is 54.6 Å². The van der Waals surface area contributed by atoms with Gasteiger partial charge >= 0.3 is 18.7 Å². The summed E-state index contributed by atoms with van der Waals surface area (Å²) in [4.78, 5) is 45.3. The molecule has 1 saturated carbocycles. The third-order valence-electron chi connectivity index (χ3n) is 12.8. The molecule has 5 aliphatic rings. The highest BCUT2D eigenvalue weighted by Gasteiger charge is 2.39. The van der Waals surface area contributed by atoms with Gasteiger partial charge in [0.05, 0.1) is 12.6 Å². The SMILES string of the molecule is O=C(N[C@@H](c1ccccc1)c1cccc(OCc2ccc(C(=O)N3CCS[C@H]3C(=O)O[C@@H](Cc3c(Cl)c[n+]([O-])cc3Cl)c3ccc(OC(F)F)c(OCC4CC4)c3)cc2)c1)O[C@H]1CN2CCC1CC2. The fraction of sp³-hybridized carbons (Fsp3) is 0.373. The summed E-state index contributed by atoms with van der Waals surface area (Å²) < 4.78 is 56.2. The summed E-state index contributed by atoms with van der Waals surface area (Å²) in [7, 11) is 0. The van der Waals surface area contributed by atoms with E-state index in [4.69, 9.17) is 46.9 Å². The minimum atomic E-state index is -3.11. The molecule has 4 atom stereocenters. The summed E-state index contributed by atoms with van der Waals surface area (Å²) >= 11 is 14.2. The van der Waals surface area contributed by atoms with E-state index >= 15 is 0 Å². The molecule has 5 aromatic rings. The first kappa shape index (κ1) is 48.2. The lowest BCUT2D eigenvalue weighted by Gasteiger charge is -2.43. The molecule has 0 unspecified atom stereocenters. The van der Waals surface area contributed by atoms with Gasteiger partial charge in [-0.1, -0.05) is 83.9 Å². The van der Waals surface area contributed by atoms with Gasteiger partial charge in [0, 0.05) is 36.4 Å². The van der Waals surface area contributed by atoms with Crippen molar-refractivity contribution in [3.63, 3.8) is 0 Å². The highest BCUT2D eigenvalue weighted by molar-refractivity contribution is 8.00. The largest absolute Gasteiger partial charge is 0.619 e. The number of thioether (sulfide) groups is 1. The standard InChI is InChI=1S/C51H50Cl2F2N4O9S/c52-40-26-58(63)27-41(53)39(40)25-43(36-15-16-42(67-50(54)55)44(24-36)65-30-31-9-10-31)66-49(61)48-59(21-22-69-48)47(60)35-13-11-32(12-14-35)29-64-38-8-4-7-37(23-38)46(34-5-2-1-3-6-34)56-51(62)68-45-28-57-19-17-33(45)18-20-57/h1-8,11-16,23-24,26-27,31,33,43,45-46,48,50H,9-10,17-22,25,28-30H2,(H,56,62)/t43-,45-,46-,48-/m0/s1. The lowest BCUT2D eigenvalue weighted by Crippen LogP contribution is -2.52. The Labute approximate surface area is 412 Å². The predicted octanol–water partition coefficient (Wildman–Crippen LogP) is 9.55. The minimum absolute atomic E-state index is 0.0262. The molecular weight excluding hydrogens is 954 g/mol. The van der Waals surface area contributed by atoms with Crippen molar-refractivity contribution in [3.8, 4) is 17.2 Å². The van der Waals surface area contributed by atoms with Gasteiger partial charge in [-0.2, -0.15) is 13.5 Å². The summed E-state index contributed by atoms with van der Waals surface area (Å²) in [5, 5.41) is 14.2. The van der Waals surface area contributed by atoms with Crippen LogP contribution in [0.15, 0.2) is 109 Å². The Morgan fingerprint density at radius 2 is 1.57 bits per heavy atom. The van der Waals surface area contributed by atoms with Gasteiger partial charge in [0.25, 0.3) is 5.91 Å². The third-order valence-corrected chi connectivity index (χ3v) is 14.7. The fourth-order valence-corrected chi connectivity index (χ4v) is 10.6. The van der Waals surface area contributed by atoms with Gasteiger partial charge in [-0.3, -0.25) is 9.69 Å². The Morgan fingerprint density at radius 1 is 0.826 bits per heavy atom. The second-order valence-corrected chi connectivity index (χ2v) is 19.6. The summed E-state index contributed by atoms with van der Waals surface area (Å²) in [6.45, 7) is 0.497. The maximum absolute atomic E-state index is 14.1. The molecule has 13 nitrogen and oxygen atoms in total. The Morgan fingerprint density at radius 3 is 2.26 bits per heavy atom. The molecule has 1 aromatic heterocycles. The molecule has 2 amide bonds. The van der Waals surface area contributed by atoms with Crippen LogP contribution in [0.3, 0.4) is 0 Å². The lowest BCUT2D eigenvalue weighted by molar-refractivity contribution is -0.605. The van der Waals surface area contributed by atoms with Crippen molar-refractivity contribution in [2.45, 2.75) is 68.9 Å². The molecule has 362 valence electrons. The van der Waals surface area contributed by atoms with Gasteiger partial charge in [0.1, 0.15) is 34.6 Å². The molecule has 18 heteroatoms. The van der Waals surface area contributed by atoms with Crippen molar-refractivity contribution < 1.29 is 51.6 Å². The van der Waals surface area contributed by atoms with Crippen LogP contribution in [0.2, 0.25) is 10.0 Å². The molecule has 0 radical (unpaired) electrons. The monoisotopic (exact) mass is 1000 g/mol. The molecule has 2 bridgehead atoms. The van der Waals surface area contributed by atoms with Crippen LogP contribution in [0.4, 0.5) is 13.6 Å². The van der Waals surface area contributed by atoms with Crippen LogP contribution in [0.5, 0.6) is 17.2 Å². The van der Waals surface area contributed by atoms with Gasteiger partial charge in [-0.25, -0.2) is 9.59 Å². The highest BCUT2D eigenvalue weighted by Crippen LogP contribution is 2.39. The van der Waals surface area contributed by atoms with Crippen molar-refractivity contribution in [3.05, 3.63) is 158 Å². The number of hydrogen-bond donors (Lipinski definition) is 1. The first-order chi connectivity index (χ1) is 33.4. The second-order valence-electron chi connectivity index (χ2n) is 17.6. The summed E-state index contributed by atoms with van der Waals surface area (Å²) in [6.07, 6.45) is 4.42. The Bertz CT molecular complexity index is 2600. The smallest absolute Gasteiger partial charge is 0.408 e. The van der Waals surface area contributed by atoms with Crippen molar-refractivity contribution in [1.82, 2.24) is 15.1 Å². The zero-order valence-electron chi connectivity index (χ0n) is 37.4. The number of nitrogens with zero attached hydrogens (tertiary/aromatic N) is 3. The normalized spacial score (nSPS) is 20.5. The van der Waals surface area contributed by atoms with Gasteiger partial charge < -0.3 is 39.1 Å². The number of rotatable bonds is 18. The zero-order valence-corrected chi connectivity index (χ0v) is 39.7. The molecule has 4 aromatic carbocycles. The number of alkyl carbamates (subject to hydrolysis) is 1. The second kappa shape index (κ2) is 21.9. The summed E-state index contributed by atoms with van der Waals surface area (Å²) in [5.74, 6) is 0.461. The number of carbonyl (C=O) groups is 3. The molecule has 1 aliphatic carbocycles. The number of benzene rings is 4. The number of fused-ring (bicyclic) bond motifs is 3. The van der Waals surface area contributed by atoms with Crippen molar-refractivity contribution >= 4 is 52.9 Å². The van der Waals surface area contributed by atoms with Gasteiger partial charge in [0.15, 0.2) is 29.3 Å². The van der Waals surface area contributed by atoms with Crippen LogP contribution in [-0.2, 0) is 27.3 Å². The molecule has 5 heterocycles. The molecule has 10 rings (SSSR count). The van der Waals surface area contributed by atoms with E-state index in [-0.39, 0.29) is 53.1 Å². The molecule has 5 fully saturated rings. The van der Waals surface area contributed by atoms with Crippen molar-refractivity contribution in [1.29, 1.82) is 0 Å². The van der Waals surface area contributed by atoms with Crippen LogP contribution in [-0.4, -0.2) is 84.4 Å². The number of ether oxygens (including phenoxy) is 5. The molecule has 4 aliphatic heterocycles. The van der Waals surface area contributed by atoms with E-state index in [2.05, 4.69) is 10.2 Å². The van der Waals surface area contributed by atoms with E-state index < -0.39 is 36.2 Å². The first-order valence-corrected chi connectivity index (χ1v) is 24.7. The van der Waals surface area contributed by atoms with Gasteiger partial charge in [-0.05, 0) is 109 Å². The van der Waals surface area contributed by atoms with Gasteiger partial charge in [-0.15, -0.1) is 11.8 Å². The molecule has 69 heavy (non-hydrogen) atoms. The maximum Gasteiger partial charge on any atom is 0.408 e. The number of amides is 2. The Balaban J connectivity index is 0.860. The minimum Gasteiger partial charge on any atom is -0.619 e. The molecule has 4 saturated heterocycles. The number of nitrogens with one attached hydrogen (secondary N) is 1. The fourth-order valence-electron chi connectivity index (χ4n) is 8.93. The lowest BCUT2D eigenvalue weighted by atomic mass is 9.86. The topological polar surface area (TPSA) is 143 Å². The molecular formula is C51H50Cl2F2N4O9S. The van der Waals surface area contributed by atoms with E-state index in [0.29, 0.717) is 51.4 Å². The Kier molecular flexibility index (Phi) is 15.3. The zero-order chi connectivity index (χ0) is 48.0. The highest BCUT2D eigenvalue weighted by atomic mass is 35.5. The molecule has 1 N–H and O–H groups in total.